The fourth-order valence-electron chi connectivity index (χ4n) is 4.07. The van der Waals surface area contributed by atoms with Crippen molar-refractivity contribution in [3.63, 3.8) is 0 Å². The van der Waals surface area contributed by atoms with E-state index in [1.807, 2.05) is 0 Å². The summed E-state index contributed by atoms with van der Waals surface area (Å²) in [7, 11) is 0. The van der Waals surface area contributed by atoms with Crippen LogP contribution < -0.4 is 10.1 Å². The number of carbonyl (C=O) groups is 3. The van der Waals surface area contributed by atoms with Crippen LogP contribution in [-0.4, -0.2) is 37.7 Å². The van der Waals surface area contributed by atoms with Gasteiger partial charge < -0.3 is 24.8 Å². The van der Waals surface area contributed by atoms with E-state index >= 15 is 0 Å². The topological polar surface area (TPSA) is 152 Å². The molecule has 0 unspecified atom stereocenters. The summed E-state index contributed by atoms with van der Waals surface area (Å²) in [6.07, 6.45) is 1.16. The Morgan fingerprint density at radius 2 is 1.88 bits per heavy atom. The number of ether oxygens (including phenoxy) is 1. The molecule has 1 atom stereocenters. The molecule has 0 saturated carbocycles. The van der Waals surface area contributed by atoms with Crippen LogP contribution in [0.2, 0.25) is 0 Å². The highest BCUT2D eigenvalue weighted by molar-refractivity contribution is 6.31. The second-order valence-corrected chi connectivity index (χ2v) is 7.98. The molecule has 0 bridgehead atoms. The molecular weight excluding hydrogens is 418 g/mol. The van der Waals surface area contributed by atoms with Crippen molar-refractivity contribution >= 4 is 17.3 Å². The zero-order chi connectivity index (χ0) is 23.5. The predicted octanol–water partition coefficient (Wildman–Crippen LogP) is 2.05. The van der Waals surface area contributed by atoms with Crippen LogP contribution in [0, 0.1) is 13.8 Å². The van der Waals surface area contributed by atoms with E-state index < -0.39 is 28.5 Å². The van der Waals surface area contributed by atoms with E-state index in [1.165, 1.54) is 20.8 Å². The number of Topliss-reactive ketones (excluding diaryl/α,β-unsaturated/α-hetero) is 2. The molecule has 1 aliphatic heterocycles. The van der Waals surface area contributed by atoms with Crippen LogP contribution in [0.3, 0.4) is 0 Å². The third kappa shape index (κ3) is 2.83. The van der Waals surface area contributed by atoms with E-state index in [-0.39, 0.29) is 57.7 Å². The van der Waals surface area contributed by atoms with Crippen LogP contribution in [-0.2, 0) is 21.5 Å². The molecule has 1 aromatic heterocycles. The average molecular weight is 439 g/mol. The molecule has 2 heterocycles. The maximum absolute atomic E-state index is 13.6. The molecule has 1 aromatic carbocycles. The van der Waals surface area contributed by atoms with Gasteiger partial charge in [0, 0.05) is 17.3 Å². The number of hydrogen-bond donors (Lipinski definition) is 3. The average Bonchev–Trinajstić information content (AvgIpc) is 3.26. The second-order valence-electron chi connectivity index (χ2n) is 7.98. The minimum atomic E-state index is -1.56. The van der Waals surface area contributed by atoms with Crippen molar-refractivity contribution in [3.8, 4) is 17.2 Å². The number of ketones is 3. The van der Waals surface area contributed by atoms with Crippen molar-refractivity contribution in [2.75, 3.05) is 0 Å². The molecule has 1 aliphatic carbocycles. The van der Waals surface area contributed by atoms with Crippen LogP contribution in [0.15, 0.2) is 27.6 Å². The molecule has 0 saturated heterocycles. The number of phenolic OH excluding ortho intramolecular Hbond substituents is 2. The summed E-state index contributed by atoms with van der Waals surface area (Å²) >= 11 is 0. The molecule has 166 valence electrons. The fourth-order valence-corrected chi connectivity index (χ4v) is 4.07. The SMILES string of the molecule is CC(=O)c1c(O)c(C)c(O)c2c1OC1=CC(=O)C(=C(C)NCc3nc(C)no3)C(=O)[C@@]12C. The molecule has 32 heavy (non-hydrogen) atoms. The van der Waals surface area contributed by atoms with Gasteiger partial charge in [-0.3, -0.25) is 14.4 Å². The summed E-state index contributed by atoms with van der Waals surface area (Å²) in [6.45, 7) is 7.50. The lowest BCUT2D eigenvalue weighted by molar-refractivity contribution is -0.123. The number of rotatable bonds is 4. The van der Waals surface area contributed by atoms with E-state index in [9.17, 15) is 24.6 Å². The first-order chi connectivity index (χ1) is 15.0. The van der Waals surface area contributed by atoms with Gasteiger partial charge in [0.2, 0.25) is 5.89 Å². The number of fused-ring (bicyclic) bond motifs is 3. The number of hydrogen-bond acceptors (Lipinski definition) is 10. The Kier molecular flexibility index (Phi) is 4.69. The first kappa shape index (κ1) is 21.3. The third-order valence-corrected chi connectivity index (χ3v) is 5.83. The Morgan fingerprint density at radius 3 is 2.47 bits per heavy atom. The Bertz CT molecular complexity index is 1280. The van der Waals surface area contributed by atoms with Crippen molar-refractivity contribution < 1.29 is 33.9 Å². The summed E-state index contributed by atoms with van der Waals surface area (Å²) in [5.41, 5.74) is -1.48. The van der Waals surface area contributed by atoms with Gasteiger partial charge in [0.15, 0.2) is 23.2 Å². The number of carbonyl (C=O) groups excluding carboxylic acids is 3. The normalized spacial score (nSPS) is 21.0. The quantitative estimate of drug-likeness (QED) is 0.367. The van der Waals surface area contributed by atoms with Gasteiger partial charge in [-0.05, 0) is 34.6 Å². The number of aryl methyl sites for hydroxylation is 1. The lowest BCUT2D eigenvalue weighted by Gasteiger charge is -2.29. The summed E-state index contributed by atoms with van der Waals surface area (Å²) in [6, 6.07) is 0. The smallest absolute Gasteiger partial charge is 0.245 e. The first-order valence-electron chi connectivity index (χ1n) is 9.81. The van der Waals surface area contributed by atoms with Gasteiger partial charge in [-0.2, -0.15) is 4.98 Å². The Hall–Kier alpha value is -3.95. The van der Waals surface area contributed by atoms with E-state index in [4.69, 9.17) is 9.26 Å². The number of allylic oxidation sites excluding steroid dienone is 4. The molecule has 10 nitrogen and oxygen atoms in total. The van der Waals surface area contributed by atoms with E-state index in [1.54, 1.807) is 13.8 Å². The molecule has 2 aromatic rings. The number of aromatic hydroxyl groups is 2. The summed E-state index contributed by atoms with van der Waals surface area (Å²) in [5.74, 6) is -1.92. The van der Waals surface area contributed by atoms with Crippen LogP contribution in [0.4, 0.5) is 0 Å². The number of nitrogens with zero attached hydrogens (tertiary/aromatic N) is 2. The van der Waals surface area contributed by atoms with Crippen molar-refractivity contribution in [2.24, 2.45) is 0 Å². The zero-order valence-corrected chi connectivity index (χ0v) is 18.1. The van der Waals surface area contributed by atoms with E-state index in [0.29, 0.717) is 5.82 Å². The van der Waals surface area contributed by atoms with Gasteiger partial charge in [-0.1, -0.05) is 5.16 Å². The number of phenols is 2. The summed E-state index contributed by atoms with van der Waals surface area (Å²) < 4.78 is 10.8. The van der Waals surface area contributed by atoms with Gasteiger partial charge in [0.05, 0.1) is 17.7 Å². The highest BCUT2D eigenvalue weighted by Gasteiger charge is 2.56. The highest BCUT2D eigenvalue weighted by Crippen LogP contribution is 2.57. The third-order valence-electron chi connectivity index (χ3n) is 5.83. The molecule has 0 spiro atoms. The maximum Gasteiger partial charge on any atom is 0.245 e. The lowest BCUT2D eigenvalue weighted by Crippen LogP contribution is -2.41. The molecule has 10 heteroatoms. The van der Waals surface area contributed by atoms with Gasteiger partial charge in [0.25, 0.3) is 0 Å². The Labute approximate surface area is 182 Å². The van der Waals surface area contributed by atoms with Crippen LogP contribution in [0.5, 0.6) is 17.2 Å². The minimum absolute atomic E-state index is 0.0191. The van der Waals surface area contributed by atoms with E-state index in [2.05, 4.69) is 15.5 Å². The molecule has 0 amide bonds. The summed E-state index contributed by atoms with van der Waals surface area (Å²) in [4.78, 5) is 42.7. The Balaban J connectivity index is 1.84. The van der Waals surface area contributed by atoms with E-state index in [0.717, 1.165) is 6.08 Å². The van der Waals surface area contributed by atoms with Gasteiger partial charge >= 0.3 is 0 Å². The van der Waals surface area contributed by atoms with Gasteiger partial charge in [-0.15, -0.1) is 0 Å². The van der Waals surface area contributed by atoms with Gasteiger partial charge in [-0.25, -0.2) is 0 Å². The molecule has 2 aliphatic rings. The fraction of sp³-hybridized carbons (Fsp3) is 0.318. The van der Waals surface area contributed by atoms with Gasteiger partial charge in [0.1, 0.15) is 34.0 Å². The van der Waals surface area contributed by atoms with Crippen molar-refractivity contribution in [3.05, 3.63) is 51.5 Å². The zero-order valence-electron chi connectivity index (χ0n) is 18.1. The standard InChI is InChI=1S/C22H21N3O7/c1-8-18(28)16(10(3)26)20-17(19(8)29)22(5)13(31-20)6-12(27)15(21(22)30)9(2)23-7-14-24-11(4)25-32-14/h6,23,28-29H,7H2,1-5H3/t22-/m0/s1. The second kappa shape index (κ2) is 7.04. The number of nitrogens with one attached hydrogen (secondary N) is 1. The molecule has 4 rings (SSSR count). The predicted molar refractivity (Wildman–Crippen MR) is 109 cm³/mol. The number of aromatic nitrogens is 2. The molecule has 0 fully saturated rings. The molecule has 3 N–H and O–H groups in total. The maximum atomic E-state index is 13.6. The van der Waals surface area contributed by atoms with Crippen molar-refractivity contribution in [1.82, 2.24) is 15.5 Å². The van der Waals surface area contributed by atoms with Crippen LogP contribution in [0.25, 0.3) is 0 Å². The Morgan fingerprint density at radius 1 is 1.19 bits per heavy atom. The monoisotopic (exact) mass is 439 g/mol. The van der Waals surface area contributed by atoms with Crippen LogP contribution >= 0.6 is 0 Å². The van der Waals surface area contributed by atoms with Crippen molar-refractivity contribution in [2.45, 2.75) is 46.6 Å². The lowest BCUT2D eigenvalue weighted by atomic mass is 9.70. The molecule has 0 radical (unpaired) electrons. The molecular formula is C22H21N3O7. The minimum Gasteiger partial charge on any atom is -0.507 e. The largest absolute Gasteiger partial charge is 0.507 e. The van der Waals surface area contributed by atoms with Crippen molar-refractivity contribution in [1.29, 1.82) is 0 Å². The summed E-state index contributed by atoms with van der Waals surface area (Å²) in [5, 5.41) is 27.8. The van der Waals surface area contributed by atoms with Crippen LogP contribution in [0.1, 0.15) is 54.0 Å². The highest BCUT2D eigenvalue weighted by atomic mass is 16.5. The number of benzene rings is 1. The first-order valence-corrected chi connectivity index (χ1v) is 9.81.